The molecular weight excluding hydrogens is 256 g/mol. The second kappa shape index (κ2) is 5.98. The number of amides is 2. The van der Waals surface area contributed by atoms with Gasteiger partial charge < -0.3 is 10.2 Å². The van der Waals surface area contributed by atoms with Crippen molar-refractivity contribution in [1.82, 2.24) is 20.2 Å². The van der Waals surface area contributed by atoms with Gasteiger partial charge >= 0.3 is 0 Å². The van der Waals surface area contributed by atoms with Crippen molar-refractivity contribution in [3.8, 4) is 0 Å². The van der Waals surface area contributed by atoms with Gasteiger partial charge in [-0.25, -0.2) is 9.97 Å². The maximum atomic E-state index is 12.2. The summed E-state index contributed by atoms with van der Waals surface area (Å²) in [7, 11) is 0. The third-order valence-electron chi connectivity index (χ3n) is 3.31. The number of fused-ring (bicyclic) bond motifs is 1. The molecule has 0 bridgehead atoms. The highest BCUT2D eigenvalue weighted by Gasteiger charge is 2.26. The van der Waals surface area contributed by atoms with Crippen LogP contribution in [0, 0.1) is 0 Å². The quantitative estimate of drug-likeness (QED) is 0.882. The molecule has 2 amide bonds. The summed E-state index contributed by atoms with van der Waals surface area (Å²) in [6, 6.07) is -0.152. The fourth-order valence-electron chi connectivity index (χ4n) is 2.33. The zero-order valence-corrected chi connectivity index (χ0v) is 12.1. The number of hydrogen-bond acceptors (Lipinski definition) is 4. The first-order chi connectivity index (χ1) is 9.49. The number of nitrogens with zero attached hydrogens (tertiary/aromatic N) is 3. The Morgan fingerprint density at radius 2 is 2.20 bits per heavy atom. The Hall–Kier alpha value is -1.98. The summed E-state index contributed by atoms with van der Waals surface area (Å²) < 4.78 is 0. The van der Waals surface area contributed by atoms with E-state index in [1.54, 1.807) is 4.90 Å². The number of rotatable bonds is 4. The second-order valence-corrected chi connectivity index (χ2v) is 5.17. The predicted molar refractivity (Wildman–Crippen MR) is 73.6 cm³/mol. The summed E-state index contributed by atoms with van der Waals surface area (Å²) in [5, 5.41) is 2.72. The van der Waals surface area contributed by atoms with Gasteiger partial charge in [-0.05, 0) is 6.92 Å². The van der Waals surface area contributed by atoms with Gasteiger partial charge in [0.1, 0.15) is 5.82 Å². The molecule has 6 heteroatoms. The molecule has 1 aliphatic rings. The van der Waals surface area contributed by atoms with Crippen LogP contribution < -0.4 is 5.32 Å². The molecule has 0 fully saturated rings. The maximum absolute atomic E-state index is 12.2. The zero-order valence-electron chi connectivity index (χ0n) is 12.1. The van der Waals surface area contributed by atoms with Gasteiger partial charge in [0.15, 0.2) is 0 Å². The van der Waals surface area contributed by atoms with E-state index >= 15 is 0 Å². The molecule has 108 valence electrons. The number of aromatic nitrogens is 2. The first-order valence-electron chi connectivity index (χ1n) is 6.88. The minimum atomic E-state index is -0.152. The van der Waals surface area contributed by atoms with E-state index in [0.717, 1.165) is 23.5 Å². The van der Waals surface area contributed by atoms with Crippen LogP contribution in [0.1, 0.15) is 44.3 Å². The van der Waals surface area contributed by atoms with Gasteiger partial charge in [0, 0.05) is 44.1 Å². The van der Waals surface area contributed by atoms with Crippen molar-refractivity contribution in [2.75, 3.05) is 0 Å². The molecule has 6 nitrogen and oxygen atoms in total. The van der Waals surface area contributed by atoms with E-state index in [4.69, 9.17) is 0 Å². The number of carbonyl (C=O) groups is 2. The minimum absolute atomic E-state index is 0.0299. The molecule has 0 radical (unpaired) electrons. The fourth-order valence-corrected chi connectivity index (χ4v) is 2.33. The topological polar surface area (TPSA) is 75.2 Å². The number of hydrogen-bond donors (Lipinski definition) is 1. The Morgan fingerprint density at radius 1 is 1.45 bits per heavy atom. The van der Waals surface area contributed by atoms with E-state index in [1.807, 2.05) is 20.0 Å². The predicted octanol–water partition coefficient (Wildman–Crippen LogP) is 0.796. The Morgan fingerprint density at radius 3 is 2.85 bits per heavy atom. The van der Waals surface area contributed by atoms with E-state index in [1.165, 1.54) is 6.92 Å². The minimum Gasteiger partial charge on any atom is -0.353 e. The average molecular weight is 276 g/mol. The summed E-state index contributed by atoms with van der Waals surface area (Å²) in [5.41, 5.74) is 1.96. The standard InChI is InChI=1S/C14H20N4O2/c1-4-13-15-6-11-7-18(8-12(11)17-13)14(20)5-9(2)16-10(3)19/h6,9H,4-5,7-8H2,1-3H3,(H,16,19)/t9-/m0/s1. The lowest BCUT2D eigenvalue weighted by molar-refractivity contribution is -0.132. The molecule has 1 atom stereocenters. The van der Waals surface area contributed by atoms with Gasteiger partial charge in [-0.1, -0.05) is 6.92 Å². The van der Waals surface area contributed by atoms with Gasteiger partial charge in [0.25, 0.3) is 0 Å². The highest BCUT2D eigenvalue weighted by Crippen LogP contribution is 2.21. The summed E-state index contributed by atoms with van der Waals surface area (Å²) in [6.45, 7) is 6.39. The Bertz CT molecular complexity index is 530. The molecule has 0 spiro atoms. The van der Waals surface area contributed by atoms with Crippen molar-refractivity contribution in [3.63, 3.8) is 0 Å². The maximum Gasteiger partial charge on any atom is 0.225 e. The Labute approximate surface area is 118 Å². The molecule has 0 saturated heterocycles. The monoisotopic (exact) mass is 276 g/mol. The van der Waals surface area contributed by atoms with Crippen LogP contribution in [-0.4, -0.2) is 32.7 Å². The third-order valence-corrected chi connectivity index (χ3v) is 3.31. The molecule has 1 aliphatic heterocycles. The van der Waals surface area contributed by atoms with Crippen LogP contribution in [-0.2, 0) is 29.1 Å². The molecule has 1 N–H and O–H groups in total. The highest BCUT2D eigenvalue weighted by molar-refractivity contribution is 5.79. The molecule has 2 rings (SSSR count). The van der Waals surface area contributed by atoms with Gasteiger partial charge in [-0.15, -0.1) is 0 Å². The Balaban J connectivity index is 1.96. The number of nitrogens with one attached hydrogen (secondary N) is 1. The van der Waals surface area contributed by atoms with Gasteiger partial charge in [-0.3, -0.25) is 9.59 Å². The molecule has 2 heterocycles. The summed E-state index contributed by atoms with van der Waals surface area (Å²) in [6.07, 6.45) is 2.91. The van der Waals surface area contributed by atoms with E-state index in [2.05, 4.69) is 15.3 Å². The lowest BCUT2D eigenvalue weighted by atomic mass is 10.2. The number of carbonyl (C=O) groups excluding carboxylic acids is 2. The highest BCUT2D eigenvalue weighted by atomic mass is 16.2. The molecule has 0 aromatic carbocycles. The van der Waals surface area contributed by atoms with Crippen LogP contribution in [0.15, 0.2) is 6.20 Å². The van der Waals surface area contributed by atoms with Crippen LogP contribution in [0.4, 0.5) is 0 Å². The van der Waals surface area contributed by atoms with Gasteiger partial charge in [-0.2, -0.15) is 0 Å². The molecule has 20 heavy (non-hydrogen) atoms. The second-order valence-electron chi connectivity index (χ2n) is 5.17. The molecule has 1 aromatic heterocycles. The van der Waals surface area contributed by atoms with E-state index in [-0.39, 0.29) is 17.9 Å². The molecule has 0 aliphatic carbocycles. The largest absolute Gasteiger partial charge is 0.353 e. The smallest absolute Gasteiger partial charge is 0.225 e. The molecule has 0 saturated carbocycles. The van der Waals surface area contributed by atoms with Crippen LogP contribution in [0.3, 0.4) is 0 Å². The van der Waals surface area contributed by atoms with Crippen LogP contribution >= 0.6 is 0 Å². The summed E-state index contributed by atoms with van der Waals surface area (Å²) in [4.78, 5) is 33.6. The summed E-state index contributed by atoms with van der Waals surface area (Å²) in [5.74, 6) is 0.723. The van der Waals surface area contributed by atoms with Crippen molar-refractivity contribution in [1.29, 1.82) is 0 Å². The van der Waals surface area contributed by atoms with Crippen LogP contribution in [0.2, 0.25) is 0 Å². The average Bonchev–Trinajstić information content (AvgIpc) is 2.80. The van der Waals surface area contributed by atoms with Crippen molar-refractivity contribution in [2.45, 2.75) is 52.7 Å². The molecule has 1 aromatic rings. The van der Waals surface area contributed by atoms with Crippen molar-refractivity contribution >= 4 is 11.8 Å². The van der Waals surface area contributed by atoms with Crippen molar-refractivity contribution in [3.05, 3.63) is 23.3 Å². The first-order valence-corrected chi connectivity index (χ1v) is 6.88. The van der Waals surface area contributed by atoms with E-state index in [9.17, 15) is 9.59 Å². The lowest BCUT2D eigenvalue weighted by Gasteiger charge is -2.18. The van der Waals surface area contributed by atoms with E-state index in [0.29, 0.717) is 19.5 Å². The van der Waals surface area contributed by atoms with E-state index < -0.39 is 0 Å². The summed E-state index contributed by atoms with van der Waals surface area (Å²) >= 11 is 0. The van der Waals surface area contributed by atoms with Gasteiger partial charge in [0.05, 0.1) is 12.2 Å². The third kappa shape index (κ3) is 3.31. The van der Waals surface area contributed by atoms with Crippen LogP contribution in [0.25, 0.3) is 0 Å². The molecular formula is C14H20N4O2. The lowest BCUT2D eigenvalue weighted by Crippen LogP contribution is -2.36. The fraction of sp³-hybridized carbons (Fsp3) is 0.571. The first kappa shape index (κ1) is 14.4. The normalized spacial score (nSPS) is 14.8. The zero-order chi connectivity index (χ0) is 14.7. The van der Waals surface area contributed by atoms with Crippen LogP contribution in [0.5, 0.6) is 0 Å². The van der Waals surface area contributed by atoms with Gasteiger partial charge in [0.2, 0.25) is 11.8 Å². The van der Waals surface area contributed by atoms with Crippen molar-refractivity contribution in [2.24, 2.45) is 0 Å². The SMILES string of the molecule is CCc1ncc2c(n1)CN(C(=O)C[C@H](C)NC(C)=O)C2. The van der Waals surface area contributed by atoms with Crippen molar-refractivity contribution < 1.29 is 9.59 Å². The Kier molecular flexibility index (Phi) is 4.32. The number of aryl methyl sites for hydroxylation is 1. The molecule has 0 unspecified atom stereocenters.